The summed E-state index contributed by atoms with van der Waals surface area (Å²) in [6.45, 7) is 2.64. The highest BCUT2D eigenvalue weighted by Crippen LogP contribution is 2.57. The fourth-order valence-electron chi connectivity index (χ4n) is 3.30. The Hall–Kier alpha value is -0.860. The predicted molar refractivity (Wildman–Crippen MR) is 63.3 cm³/mol. The molecule has 3 N–H and O–H groups in total. The molecular weight excluding hydrogens is 277 g/mol. The Bertz CT molecular complexity index is 400. The molecule has 3 atom stereocenters. The Balaban J connectivity index is 2.00. The van der Waals surface area contributed by atoms with Crippen molar-refractivity contribution >= 4 is 5.91 Å². The molecule has 116 valence electrons. The van der Waals surface area contributed by atoms with Crippen LogP contribution in [-0.2, 0) is 14.4 Å². The van der Waals surface area contributed by atoms with Crippen LogP contribution < -0.4 is 11.2 Å². The molecule has 8 heteroatoms. The molecule has 0 aromatic carbocycles. The number of alkyl halides is 3. The van der Waals surface area contributed by atoms with Gasteiger partial charge in [0.2, 0.25) is 0 Å². The van der Waals surface area contributed by atoms with E-state index in [-0.39, 0.29) is 12.0 Å². The summed E-state index contributed by atoms with van der Waals surface area (Å²) in [7, 11) is 0. The van der Waals surface area contributed by atoms with Gasteiger partial charge in [-0.05, 0) is 12.8 Å². The fourth-order valence-corrected chi connectivity index (χ4v) is 3.30. The Labute approximate surface area is 114 Å². The number of carbonyl (C=O) groups is 1. The van der Waals surface area contributed by atoms with Crippen molar-refractivity contribution in [3.63, 3.8) is 0 Å². The molecule has 20 heavy (non-hydrogen) atoms. The molecule has 5 nitrogen and oxygen atoms in total. The van der Waals surface area contributed by atoms with Crippen molar-refractivity contribution in [3.8, 4) is 0 Å². The zero-order valence-corrected chi connectivity index (χ0v) is 11.4. The first-order valence-corrected chi connectivity index (χ1v) is 6.50. The minimum absolute atomic E-state index is 0.144. The topological polar surface area (TPSA) is 73.6 Å². The number of rotatable bonds is 3. The smallest absolute Gasteiger partial charge is 0.377 e. The third-order valence-corrected chi connectivity index (χ3v) is 4.46. The second-order valence-corrected chi connectivity index (χ2v) is 5.97. The number of carbonyl (C=O) groups excluding carboxylic acids is 1. The number of hydrogen-bond donors (Lipinski definition) is 2. The Morgan fingerprint density at radius 3 is 2.75 bits per heavy atom. The molecule has 1 saturated heterocycles. The van der Waals surface area contributed by atoms with Crippen molar-refractivity contribution in [1.82, 2.24) is 5.48 Å². The number of hydroxylamine groups is 1. The van der Waals surface area contributed by atoms with Crippen LogP contribution in [0.1, 0.15) is 26.7 Å². The lowest BCUT2D eigenvalue weighted by Crippen LogP contribution is -2.82. The molecule has 3 unspecified atom stereocenters. The van der Waals surface area contributed by atoms with Crippen molar-refractivity contribution in [2.45, 2.75) is 44.5 Å². The van der Waals surface area contributed by atoms with Crippen molar-refractivity contribution < 1.29 is 27.5 Å². The van der Waals surface area contributed by atoms with E-state index in [0.29, 0.717) is 6.61 Å². The number of ether oxygens (including phenoxy) is 1. The van der Waals surface area contributed by atoms with Crippen LogP contribution in [0.5, 0.6) is 0 Å². The van der Waals surface area contributed by atoms with Gasteiger partial charge in [-0.15, -0.1) is 0 Å². The van der Waals surface area contributed by atoms with Gasteiger partial charge in [0.15, 0.2) is 6.61 Å². The van der Waals surface area contributed by atoms with E-state index in [1.807, 2.05) is 5.48 Å². The summed E-state index contributed by atoms with van der Waals surface area (Å²) in [6, 6.07) is 0. The summed E-state index contributed by atoms with van der Waals surface area (Å²) in [6.07, 6.45) is -3.14. The van der Waals surface area contributed by atoms with Gasteiger partial charge in [0.05, 0.1) is 6.10 Å². The molecule has 1 aliphatic carbocycles. The highest BCUT2D eigenvalue weighted by molar-refractivity contribution is 5.88. The summed E-state index contributed by atoms with van der Waals surface area (Å²) in [5.41, 5.74) is 6.08. The highest BCUT2D eigenvalue weighted by atomic mass is 19.4. The van der Waals surface area contributed by atoms with Crippen molar-refractivity contribution in [2.75, 3.05) is 13.2 Å². The molecule has 0 aromatic heterocycles. The number of amides is 1. The van der Waals surface area contributed by atoms with E-state index < -0.39 is 29.6 Å². The predicted octanol–water partition coefficient (Wildman–Crippen LogP) is 1.13. The maximum atomic E-state index is 12.1. The number of halogens is 3. The van der Waals surface area contributed by atoms with Gasteiger partial charge < -0.3 is 10.5 Å². The van der Waals surface area contributed by atoms with Crippen LogP contribution in [0.3, 0.4) is 0 Å². The van der Waals surface area contributed by atoms with Gasteiger partial charge in [0.1, 0.15) is 5.54 Å². The molecule has 2 aliphatic rings. The summed E-state index contributed by atoms with van der Waals surface area (Å²) < 4.78 is 41.6. The van der Waals surface area contributed by atoms with Gasteiger partial charge >= 0.3 is 6.18 Å². The molecular formula is C12H19F3N2O3. The van der Waals surface area contributed by atoms with Crippen molar-refractivity contribution in [1.29, 1.82) is 0 Å². The lowest BCUT2D eigenvalue weighted by Gasteiger charge is -2.64. The van der Waals surface area contributed by atoms with Crippen LogP contribution >= 0.6 is 0 Å². The SMILES string of the molecule is CC1(C)C2OCCCC2C1(N)C(=O)NOCC(F)(F)F. The van der Waals surface area contributed by atoms with Gasteiger partial charge in [-0.25, -0.2) is 5.48 Å². The van der Waals surface area contributed by atoms with E-state index in [1.54, 1.807) is 13.8 Å². The lowest BCUT2D eigenvalue weighted by atomic mass is 9.46. The van der Waals surface area contributed by atoms with E-state index in [0.717, 1.165) is 12.8 Å². The number of fused-ring (bicyclic) bond motifs is 1. The third kappa shape index (κ3) is 2.29. The quantitative estimate of drug-likeness (QED) is 0.766. The summed E-state index contributed by atoms with van der Waals surface area (Å²) in [5.74, 6) is -0.917. The van der Waals surface area contributed by atoms with E-state index in [1.165, 1.54) is 0 Å². The van der Waals surface area contributed by atoms with Crippen LogP contribution in [0.25, 0.3) is 0 Å². The number of nitrogens with two attached hydrogens (primary N) is 1. The first-order valence-electron chi connectivity index (χ1n) is 6.50. The second kappa shape index (κ2) is 4.85. The Kier molecular flexibility index (Phi) is 3.77. The highest BCUT2D eigenvalue weighted by Gasteiger charge is 2.70. The second-order valence-electron chi connectivity index (χ2n) is 5.97. The Morgan fingerprint density at radius 2 is 2.15 bits per heavy atom. The van der Waals surface area contributed by atoms with E-state index in [2.05, 4.69) is 4.84 Å². The monoisotopic (exact) mass is 296 g/mol. The van der Waals surface area contributed by atoms with Gasteiger partial charge in [0, 0.05) is 17.9 Å². The summed E-state index contributed by atoms with van der Waals surface area (Å²) in [4.78, 5) is 16.3. The van der Waals surface area contributed by atoms with Gasteiger partial charge in [-0.1, -0.05) is 13.8 Å². The molecule has 1 aliphatic heterocycles. The molecule has 2 rings (SSSR count). The minimum Gasteiger partial charge on any atom is -0.377 e. The molecule has 1 amide bonds. The first-order chi connectivity index (χ1) is 9.11. The molecule has 0 spiro atoms. The van der Waals surface area contributed by atoms with Gasteiger partial charge in [0.25, 0.3) is 5.91 Å². The molecule has 0 radical (unpaired) electrons. The standard InChI is InChI=1S/C12H19F3N2O3/c1-10(2)8-7(4-3-5-19-8)12(10,16)9(18)17-20-6-11(13,14)15/h7-8H,3-6,16H2,1-2H3,(H,17,18). The Morgan fingerprint density at radius 1 is 1.50 bits per heavy atom. The van der Waals surface area contributed by atoms with Crippen LogP contribution in [0.15, 0.2) is 0 Å². The largest absolute Gasteiger partial charge is 0.414 e. The van der Waals surface area contributed by atoms with Crippen LogP contribution in [-0.4, -0.2) is 36.9 Å². The number of nitrogens with one attached hydrogen (secondary N) is 1. The van der Waals surface area contributed by atoms with E-state index >= 15 is 0 Å². The van der Waals surface area contributed by atoms with Crippen LogP contribution in [0, 0.1) is 11.3 Å². The van der Waals surface area contributed by atoms with Crippen molar-refractivity contribution in [2.24, 2.45) is 17.1 Å². The first kappa shape index (κ1) is 15.5. The zero-order chi connectivity index (χ0) is 15.2. The van der Waals surface area contributed by atoms with Gasteiger partial charge in [-0.2, -0.15) is 13.2 Å². The zero-order valence-electron chi connectivity index (χ0n) is 11.4. The molecule has 0 bridgehead atoms. The third-order valence-electron chi connectivity index (χ3n) is 4.46. The summed E-state index contributed by atoms with van der Waals surface area (Å²) in [5, 5.41) is 0. The molecule has 1 heterocycles. The maximum Gasteiger partial charge on any atom is 0.414 e. The van der Waals surface area contributed by atoms with E-state index in [4.69, 9.17) is 10.5 Å². The van der Waals surface area contributed by atoms with Crippen LogP contribution in [0.2, 0.25) is 0 Å². The average molecular weight is 296 g/mol. The molecule has 2 fully saturated rings. The van der Waals surface area contributed by atoms with Gasteiger partial charge in [-0.3, -0.25) is 9.63 Å². The molecule has 1 saturated carbocycles. The maximum absolute atomic E-state index is 12.1. The van der Waals surface area contributed by atoms with Crippen LogP contribution in [0.4, 0.5) is 13.2 Å². The number of hydrogen-bond acceptors (Lipinski definition) is 4. The molecule has 0 aromatic rings. The normalized spacial score (nSPS) is 35.9. The summed E-state index contributed by atoms with van der Waals surface area (Å²) >= 11 is 0. The minimum atomic E-state index is -4.50. The lowest BCUT2D eigenvalue weighted by molar-refractivity contribution is -0.235. The fraction of sp³-hybridized carbons (Fsp3) is 0.917. The van der Waals surface area contributed by atoms with E-state index in [9.17, 15) is 18.0 Å². The van der Waals surface area contributed by atoms with Crippen molar-refractivity contribution in [3.05, 3.63) is 0 Å². The average Bonchev–Trinajstić information content (AvgIpc) is 2.36.